The van der Waals surface area contributed by atoms with Crippen LogP contribution in [0.15, 0.2) is 84.6 Å². The molecule has 2 aliphatic rings. The molecule has 0 aliphatic carbocycles. The number of rotatable bonds is 5. The highest BCUT2D eigenvalue weighted by molar-refractivity contribution is 7.94. The second-order valence-electron chi connectivity index (χ2n) is 9.37. The molecule has 1 aromatic heterocycles. The molecule has 2 saturated heterocycles. The maximum absolute atomic E-state index is 13.6. The van der Waals surface area contributed by atoms with E-state index < -0.39 is 44.0 Å². The van der Waals surface area contributed by atoms with Gasteiger partial charge in [0.15, 0.2) is 27.4 Å². The molecule has 184 valence electrons. The zero-order chi connectivity index (χ0) is 25.7. The molecule has 2 N–H and O–H groups in total. The lowest BCUT2D eigenvalue weighted by Gasteiger charge is -2.38. The topological polar surface area (TPSA) is 120 Å². The Bertz CT molecular complexity index is 1410. The van der Waals surface area contributed by atoms with Crippen LogP contribution in [0, 0.1) is 0 Å². The lowest BCUT2D eigenvalue weighted by Crippen LogP contribution is -2.59. The van der Waals surface area contributed by atoms with Crippen LogP contribution in [-0.4, -0.2) is 46.3 Å². The predicted octanol–water partition coefficient (Wildman–Crippen LogP) is 3.12. The first-order valence-corrected chi connectivity index (χ1v) is 13.0. The molecule has 3 heterocycles. The summed E-state index contributed by atoms with van der Waals surface area (Å²) < 4.78 is 31.5. The van der Waals surface area contributed by atoms with Gasteiger partial charge in [-0.2, -0.15) is 0 Å². The van der Waals surface area contributed by atoms with Gasteiger partial charge in [0, 0.05) is 0 Å². The van der Waals surface area contributed by atoms with E-state index in [4.69, 9.17) is 10.5 Å². The van der Waals surface area contributed by atoms with Crippen LogP contribution in [-0.2, 0) is 24.2 Å². The molecule has 3 aromatic rings. The summed E-state index contributed by atoms with van der Waals surface area (Å²) in [5.74, 6) is -1.31. The summed E-state index contributed by atoms with van der Waals surface area (Å²) in [6.45, 7) is 2.91. The van der Waals surface area contributed by atoms with Crippen molar-refractivity contribution in [2.24, 2.45) is 0 Å². The zero-order valence-electron chi connectivity index (χ0n) is 19.7. The Labute approximate surface area is 209 Å². The fraction of sp³-hybridized carbons (Fsp3) is 0.222. The molecule has 0 spiro atoms. The normalized spacial score (nSPS) is 22.8. The number of pyridine rings is 1. The average molecular weight is 504 g/mol. The standard InChI is InChI=1S/C27H25N3O5S/c1-27(2)23(26(32)35-22(17-9-5-3-6-10-17)18-11-7-4-8-12-18)30-24(31)21(25(30)36(27,33)34)15-20-14-13-19(28)16-29-20/h3-16,22-23,25H,28H2,1-2H3/t23-,25+/m0/s1. The highest BCUT2D eigenvalue weighted by Crippen LogP contribution is 2.49. The molecular formula is C27H25N3O5S. The van der Waals surface area contributed by atoms with Gasteiger partial charge >= 0.3 is 5.97 Å². The van der Waals surface area contributed by atoms with E-state index >= 15 is 0 Å². The molecule has 0 unspecified atom stereocenters. The number of nitrogen functional groups attached to an aromatic ring is 1. The van der Waals surface area contributed by atoms with Crippen molar-refractivity contribution < 1.29 is 22.7 Å². The number of aromatic nitrogens is 1. The van der Waals surface area contributed by atoms with Gasteiger partial charge in [-0.25, -0.2) is 13.2 Å². The van der Waals surface area contributed by atoms with Gasteiger partial charge < -0.3 is 15.4 Å². The van der Waals surface area contributed by atoms with Crippen LogP contribution >= 0.6 is 0 Å². The smallest absolute Gasteiger partial charge is 0.331 e. The minimum absolute atomic E-state index is 0.0679. The van der Waals surface area contributed by atoms with Crippen LogP contribution in [0.3, 0.4) is 0 Å². The third kappa shape index (κ3) is 3.67. The first-order valence-electron chi connectivity index (χ1n) is 11.4. The number of ether oxygens (including phenoxy) is 1. The summed E-state index contributed by atoms with van der Waals surface area (Å²) in [5.41, 5.74) is 8.05. The molecule has 9 heteroatoms. The molecule has 0 saturated carbocycles. The molecule has 8 nitrogen and oxygen atoms in total. The van der Waals surface area contributed by atoms with Gasteiger partial charge in [-0.1, -0.05) is 60.7 Å². The SMILES string of the molecule is CC1(C)[C@H](C(=O)OC(c2ccccc2)c2ccccc2)N2C(=O)C(=Cc3ccc(N)cn3)[C@H]2S1(=O)=O. The van der Waals surface area contributed by atoms with Gasteiger partial charge in [-0.15, -0.1) is 0 Å². The van der Waals surface area contributed by atoms with Crippen LogP contribution in [0.2, 0.25) is 0 Å². The number of esters is 1. The monoisotopic (exact) mass is 503 g/mol. The van der Waals surface area contributed by atoms with Gasteiger partial charge in [0.1, 0.15) is 4.75 Å². The number of carbonyl (C=O) groups excluding carboxylic acids is 2. The maximum atomic E-state index is 13.6. The molecule has 5 rings (SSSR count). The van der Waals surface area contributed by atoms with Gasteiger partial charge in [0.2, 0.25) is 0 Å². The summed E-state index contributed by atoms with van der Waals surface area (Å²) in [5, 5.41) is -1.25. The molecular weight excluding hydrogens is 478 g/mol. The van der Waals surface area contributed by atoms with Crippen molar-refractivity contribution in [3.63, 3.8) is 0 Å². The highest BCUT2D eigenvalue weighted by Gasteiger charge is 2.70. The number of carbonyl (C=O) groups is 2. The Morgan fingerprint density at radius 2 is 1.61 bits per heavy atom. The molecule has 2 aliphatic heterocycles. The Kier molecular flexibility index (Phi) is 5.67. The van der Waals surface area contributed by atoms with E-state index in [0.29, 0.717) is 11.4 Å². The van der Waals surface area contributed by atoms with Crippen LogP contribution in [0.1, 0.15) is 36.8 Å². The van der Waals surface area contributed by atoms with E-state index in [9.17, 15) is 18.0 Å². The summed E-state index contributed by atoms with van der Waals surface area (Å²) in [4.78, 5) is 32.0. The molecule has 2 fully saturated rings. The average Bonchev–Trinajstić information content (AvgIpc) is 3.02. The third-order valence-electron chi connectivity index (χ3n) is 6.74. The molecule has 0 radical (unpaired) electrons. The van der Waals surface area contributed by atoms with E-state index in [1.807, 2.05) is 60.7 Å². The molecule has 36 heavy (non-hydrogen) atoms. The summed E-state index contributed by atoms with van der Waals surface area (Å²) in [7, 11) is -3.95. The maximum Gasteiger partial charge on any atom is 0.331 e. The van der Waals surface area contributed by atoms with E-state index in [1.54, 1.807) is 12.1 Å². The van der Waals surface area contributed by atoms with Crippen molar-refractivity contribution >= 4 is 33.5 Å². The fourth-order valence-electron chi connectivity index (χ4n) is 4.75. The fourth-order valence-corrected chi connectivity index (χ4v) is 6.87. The lowest BCUT2D eigenvalue weighted by atomic mass is 9.94. The number of benzene rings is 2. The molecule has 2 atom stereocenters. The van der Waals surface area contributed by atoms with E-state index in [0.717, 1.165) is 16.0 Å². The number of anilines is 1. The molecule has 0 bridgehead atoms. The number of sulfone groups is 1. The second kappa shape index (κ2) is 8.60. The number of hydrogen-bond acceptors (Lipinski definition) is 7. The van der Waals surface area contributed by atoms with Crippen LogP contribution < -0.4 is 5.73 Å². The first-order chi connectivity index (χ1) is 17.1. The van der Waals surface area contributed by atoms with E-state index in [2.05, 4.69) is 4.98 Å². The van der Waals surface area contributed by atoms with Gasteiger partial charge in [-0.05, 0) is 43.2 Å². The Hall–Kier alpha value is -3.98. The van der Waals surface area contributed by atoms with Crippen LogP contribution in [0.4, 0.5) is 5.69 Å². The van der Waals surface area contributed by atoms with Crippen molar-refractivity contribution in [3.05, 3.63) is 101 Å². The zero-order valence-corrected chi connectivity index (χ0v) is 20.6. The molecule has 2 aromatic carbocycles. The van der Waals surface area contributed by atoms with Crippen molar-refractivity contribution in [2.45, 2.75) is 36.1 Å². The summed E-state index contributed by atoms with van der Waals surface area (Å²) in [6, 6.07) is 20.3. The largest absolute Gasteiger partial charge is 0.451 e. The van der Waals surface area contributed by atoms with E-state index in [1.165, 1.54) is 26.1 Å². The van der Waals surface area contributed by atoms with Crippen molar-refractivity contribution in [1.29, 1.82) is 0 Å². The highest BCUT2D eigenvalue weighted by atomic mass is 32.2. The quantitative estimate of drug-likeness (QED) is 0.323. The number of β-lactam (4-membered cyclic amide) rings is 1. The number of fused-ring (bicyclic) bond motifs is 1. The third-order valence-corrected chi connectivity index (χ3v) is 9.50. The van der Waals surface area contributed by atoms with Gasteiger partial charge in [0.05, 0.1) is 23.2 Å². The Morgan fingerprint density at radius 3 is 2.14 bits per heavy atom. The van der Waals surface area contributed by atoms with Crippen LogP contribution in [0.25, 0.3) is 6.08 Å². The summed E-state index contributed by atoms with van der Waals surface area (Å²) >= 11 is 0. The first kappa shape index (κ1) is 23.7. The van der Waals surface area contributed by atoms with Crippen molar-refractivity contribution in [3.8, 4) is 0 Å². The number of hydrogen-bond donors (Lipinski definition) is 1. The number of nitrogens with zero attached hydrogens (tertiary/aromatic N) is 2. The van der Waals surface area contributed by atoms with Crippen LogP contribution in [0.5, 0.6) is 0 Å². The van der Waals surface area contributed by atoms with Crippen molar-refractivity contribution in [1.82, 2.24) is 9.88 Å². The van der Waals surface area contributed by atoms with Gasteiger partial charge in [-0.3, -0.25) is 9.78 Å². The van der Waals surface area contributed by atoms with Crippen molar-refractivity contribution in [2.75, 3.05) is 5.73 Å². The van der Waals surface area contributed by atoms with Gasteiger partial charge in [0.25, 0.3) is 5.91 Å². The molecule has 1 amide bonds. The second-order valence-corrected chi connectivity index (χ2v) is 12.0. The lowest BCUT2D eigenvalue weighted by molar-refractivity contribution is -0.160. The Balaban J connectivity index is 1.50. The number of amides is 1. The minimum Gasteiger partial charge on any atom is -0.451 e. The number of nitrogens with two attached hydrogens (primary N) is 1. The van der Waals surface area contributed by atoms with E-state index in [-0.39, 0.29) is 5.57 Å². The minimum atomic E-state index is -3.95. The summed E-state index contributed by atoms with van der Waals surface area (Å²) in [6.07, 6.45) is 2.09. The predicted molar refractivity (Wildman–Crippen MR) is 135 cm³/mol. The Morgan fingerprint density at radius 1 is 1.03 bits per heavy atom.